The summed E-state index contributed by atoms with van der Waals surface area (Å²) in [5.41, 5.74) is 2.65. The van der Waals surface area contributed by atoms with E-state index in [0.29, 0.717) is 11.3 Å². The third-order valence-corrected chi connectivity index (χ3v) is 5.25. The van der Waals surface area contributed by atoms with Gasteiger partial charge in [0.05, 0.1) is 25.2 Å². The summed E-state index contributed by atoms with van der Waals surface area (Å²) in [6, 6.07) is 13.1. The molecule has 0 aliphatic carbocycles. The van der Waals surface area contributed by atoms with Crippen LogP contribution >= 0.6 is 11.8 Å². The fraction of sp³-hybridized carbons (Fsp3) is 0.150. The van der Waals surface area contributed by atoms with Crippen LogP contribution in [0.5, 0.6) is 17.2 Å². The largest absolute Gasteiger partial charge is 0.507 e. The molecule has 0 radical (unpaired) electrons. The minimum Gasteiger partial charge on any atom is -0.507 e. The summed E-state index contributed by atoms with van der Waals surface area (Å²) >= 11 is 1.69. The summed E-state index contributed by atoms with van der Waals surface area (Å²) in [6.07, 6.45) is 1.94. The number of hydrogen-bond donors (Lipinski definition) is 1. The van der Waals surface area contributed by atoms with Gasteiger partial charge < -0.3 is 14.6 Å². The van der Waals surface area contributed by atoms with Crippen molar-refractivity contribution in [2.75, 3.05) is 14.2 Å². The van der Waals surface area contributed by atoms with Crippen LogP contribution in [0.25, 0.3) is 22.0 Å². The Morgan fingerprint density at radius 2 is 1.80 bits per heavy atom. The van der Waals surface area contributed by atoms with E-state index in [0.717, 1.165) is 38.7 Å². The van der Waals surface area contributed by atoms with E-state index < -0.39 is 0 Å². The number of hydrogen-bond acceptors (Lipinski definition) is 4. The van der Waals surface area contributed by atoms with Crippen molar-refractivity contribution in [1.29, 1.82) is 0 Å². The first-order valence-corrected chi connectivity index (χ1v) is 8.82. The van der Waals surface area contributed by atoms with Gasteiger partial charge in [-0.05, 0) is 42.5 Å². The fourth-order valence-electron chi connectivity index (χ4n) is 2.85. The number of thioether (sulfide) groups is 1. The molecule has 0 amide bonds. The smallest absolute Gasteiger partial charge is 0.371 e. The highest BCUT2D eigenvalue weighted by molar-refractivity contribution is 8.08. The summed E-state index contributed by atoms with van der Waals surface area (Å²) in [6.45, 7) is 0. The Balaban J connectivity index is 1.80. The van der Waals surface area contributed by atoms with Gasteiger partial charge in [-0.15, -0.1) is 11.8 Å². The van der Waals surface area contributed by atoms with Gasteiger partial charge in [0, 0.05) is 17.4 Å². The summed E-state index contributed by atoms with van der Waals surface area (Å²) in [5, 5.41) is 11.1. The average Bonchev–Trinajstić information content (AvgIpc) is 3.03. The van der Waals surface area contributed by atoms with Crippen molar-refractivity contribution in [2.45, 2.75) is 5.75 Å². The Labute approximate surface area is 149 Å². The van der Waals surface area contributed by atoms with Crippen molar-refractivity contribution in [3.63, 3.8) is 0 Å². The number of methoxy groups -OCH3 is 2. The van der Waals surface area contributed by atoms with Crippen molar-refractivity contribution in [1.82, 2.24) is 0 Å². The summed E-state index contributed by atoms with van der Waals surface area (Å²) in [5.74, 6) is 3.42. The second-order valence-electron chi connectivity index (χ2n) is 5.73. The maximum absolute atomic E-state index is 10.1. The van der Waals surface area contributed by atoms with Crippen molar-refractivity contribution in [3.8, 4) is 17.2 Å². The van der Waals surface area contributed by atoms with Crippen molar-refractivity contribution in [2.24, 2.45) is 0 Å². The lowest BCUT2D eigenvalue weighted by molar-refractivity contribution is 0.412. The normalized spacial score (nSPS) is 14.7. The standard InChI is InChI=1S/C20H16O4S/c1-22-15-3-5-17(21)12(8-15)10-19-20-14(11-25-19)7-13-9-16(23-2)4-6-18(13)24-20/h3-10H,11H2,1-2H3/p+1/b19-10-. The quantitative estimate of drug-likeness (QED) is 0.657. The van der Waals surface area contributed by atoms with Gasteiger partial charge >= 0.3 is 11.3 Å². The topological polar surface area (TPSA) is 50.0 Å². The van der Waals surface area contributed by atoms with E-state index in [1.165, 1.54) is 0 Å². The monoisotopic (exact) mass is 353 g/mol. The predicted molar refractivity (Wildman–Crippen MR) is 101 cm³/mol. The fourth-order valence-corrected chi connectivity index (χ4v) is 3.89. The molecular formula is C20H17O4S+. The molecule has 0 bridgehead atoms. The van der Waals surface area contributed by atoms with Gasteiger partial charge in [-0.25, -0.2) is 4.42 Å². The molecule has 3 aromatic rings. The third kappa shape index (κ3) is 2.91. The summed E-state index contributed by atoms with van der Waals surface area (Å²) in [7, 11) is 3.27. The highest BCUT2D eigenvalue weighted by Crippen LogP contribution is 2.44. The van der Waals surface area contributed by atoms with E-state index in [9.17, 15) is 5.11 Å². The van der Waals surface area contributed by atoms with Crippen LogP contribution in [0.3, 0.4) is 0 Å². The number of phenolic OH excluding ortho intramolecular Hbond substituents is 1. The van der Waals surface area contributed by atoms with Crippen molar-refractivity contribution < 1.29 is 19.0 Å². The first-order valence-electron chi connectivity index (χ1n) is 7.83. The molecule has 0 unspecified atom stereocenters. The van der Waals surface area contributed by atoms with Crippen molar-refractivity contribution in [3.05, 3.63) is 59.4 Å². The Morgan fingerprint density at radius 3 is 2.60 bits per heavy atom. The molecule has 1 aliphatic heterocycles. The predicted octanol–water partition coefficient (Wildman–Crippen LogP) is 5.18. The van der Waals surface area contributed by atoms with Gasteiger partial charge in [0.25, 0.3) is 0 Å². The number of benzene rings is 2. The second kappa shape index (κ2) is 6.33. The second-order valence-corrected chi connectivity index (χ2v) is 6.74. The van der Waals surface area contributed by atoms with Crippen LogP contribution in [0, 0.1) is 0 Å². The number of phenols is 1. The Bertz CT molecular complexity index is 994. The van der Waals surface area contributed by atoms with E-state index in [1.54, 1.807) is 38.1 Å². The Morgan fingerprint density at radius 1 is 1.04 bits per heavy atom. The van der Waals surface area contributed by atoms with Crippen LogP contribution in [0.2, 0.25) is 0 Å². The van der Waals surface area contributed by atoms with E-state index in [1.807, 2.05) is 30.3 Å². The zero-order valence-corrected chi connectivity index (χ0v) is 14.7. The van der Waals surface area contributed by atoms with Gasteiger partial charge in [0.1, 0.15) is 22.2 Å². The molecule has 0 spiro atoms. The SMILES string of the molecule is COc1ccc(O)c(/C=C2\SCc3cc4cc(OC)ccc4[o+]c32)c1. The lowest BCUT2D eigenvalue weighted by atomic mass is 10.1. The molecule has 4 rings (SSSR count). The van der Waals surface area contributed by atoms with Crippen LogP contribution in [-0.4, -0.2) is 19.3 Å². The van der Waals surface area contributed by atoms with E-state index >= 15 is 0 Å². The number of aromatic hydroxyl groups is 1. The Hall–Kier alpha value is -2.66. The van der Waals surface area contributed by atoms with Crippen LogP contribution in [0.15, 0.2) is 46.9 Å². The maximum atomic E-state index is 10.1. The molecule has 1 aliphatic rings. The molecule has 4 nitrogen and oxygen atoms in total. The van der Waals surface area contributed by atoms with Crippen LogP contribution in [0.4, 0.5) is 0 Å². The highest BCUT2D eigenvalue weighted by atomic mass is 32.2. The zero-order valence-electron chi connectivity index (χ0n) is 13.9. The summed E-state index contributed by atoms with van der Waals surface area (Å²) in [4.78, 5) is 0.997. The molecule has 2 aromatic carbocycles. The number of rotatable bonds is 3. The lowest BCUT2D eigenvalue weighted by Gasteiger charge is -2.03. The molecule has 0 saturated heterocycles. The number of ether oxygens (including phenoxy) is 2. The first kappa shape index (κ1) is 15.8. The van der Waals surface area contributed by atoms with Crippen LogP contribution < -0.4 is 9.47 Å². The molecule has 126 valence electrons. The van der Waals surface area contributed by atoms with E-state index in [-0.39, 0.29) is 5.75 Å². The molecule has 1 N–H and O–H groups in total. The van der Waals surface area contributed by atoms with Gasteiger partial charge in [-0.3, -0.25) is 0 Å². The Kier molecular flexibility index (Phi) is 4.01. The highest BCUT2D eigenvalue weighted by Gasteiger charge is 2.30. The molecule has 5 heteroatoms. The maximum Gasteiger partial charge on any atom is 0.371 e. The first-order chi connectivity index (χ1) is 12.2. The molecule has 25 heavy (non-hydrogen) atoms. The molecule has 1 aromatic heterocycles. The zero-order chi connectivity index (χ0) is 17.4. The van der Waals surface area contributed by atoms with Gasteiger partial charge in [0.15, 0.2) is 0 Å². The molecule has 2 heterocycles. The van der Waals surface area contributed by atoms with Gasteiger partial charge in [0.2, 0.25) is 0 Å². The van der Waals surface area contributed by atoms with Crippen molar-refractivity contribution >= 4 is 33.7 Å². The van der Waals surface area contributed by atoms with E-state index in [4.69, 9.17) is 13.9 Å². The third-order valence-electron chi connectivity index (χ3n) is 4.18. The minimum absolute atomic E-state index is 0.216. The summed E-state index contributed by atoms with van der Waals surface area (Å²) < 4.78 is 16.6. The van der Waals surface area contributed by atoms with Gasteiger partial charge in [-0.2, -0.15) is 0 Å². The van der Waals surface area contributed by atoms with Crippen LogP contribution in [-0.2, 0) is 5.75 Å². The molecular weight excluding hydrogens is 336 g/mol. The average molecular weight is 353 g/mol. The molecule has 0 saturated carbocycles. The van der Waals surface area contributed by atoms with Gasteiger partial charge in [-0.1, -0.05) is 0 Å². The molecule has 0 atom stereocenters. The van der Waals surface area contributed by atoms with Crippen LogP contribution in [0.1, 0.15) is 16.9 Å². The van der Waals surface area contributed by atoms with E-state index in [2.05, 4.69) is 6.07 Å². The molecule has 0 fully saturated rings. The lowest BCUT2D eigenvalue weighted by Crippen LogP contribution is -1.87. The number of fused-ring (bicyclic) bond motifs is 2. The minimum atomic E-state index is 0.216.